The molecular weight excluding hydrogens is 376 g/mol. The maximum Gasteiger partial charge on any atom is 0.269 e. The van der Waals surface area contributed by atoms with Crippen LogP contribution in [0.2, 0.25) is 0 Å². The second-order valence-electron chi connectivity index (χ2n) is 6.66. The largest absolute Gasteiger partial charge is 0.371 e. The number of azo groups is 1. The molecule has 0 aliphatic carbocycles. The molecule has 0 bridgehead atoms. The van der Waals surface area contributed by atoms with Gasteiger partial charge in [0.25, 0.3) is 5.69 Å². The van der Waals surface area contributed by atoms with Crippen LogP contribution in [-0.2, 0) is 0 Å². The van der Waals surface area contributed by atoms with Crippen LogP contribution in [0, 0.1) is 10.1 Å². The minimum Gasteiger partial charge on any atom is -0.371 e. The molecule has 0 amide bonds. The topological polar surface area (TPSA) is 71.1 Å². The molecule has 0 radical (unpaired) electrons. The number of nitro benzene ring substituents is 1. The molecule has 0 fully saturated rings. The van der Waals surface area contributed by atoms with Gasteiger partial charge in [0.15, 0.2) is 0 Å². The fraction of sp³-hybridized carbons (Fsp3) is 0.0833. The summed E-state index contributed by atoms with van der Waals surface area (Å²) >= 11 is 0. The van der Waals surface area contributed by atoms with Crippen molar-refractivity contribution in [1.82, 2.24) is 0 Å². The minimum absolute atomic E-state index is 0.0836. The Morgan fingerprint density at radius 1 is 0.867 bits per heavy atom. The quantitative estimate of drug-likeness (QED) is 0.138. The van der Waals surface area contributed by atoms with E-state index in [1.54, 1.807) is 12.1 Å². The lowest BCUT2D eigenvalue weighted by Crippen LogP contribution is -2.15. The first-order chi connectivity index (χ1) is 14.5. The summed E-state index contributed by atoms with van der Waals surface area (Å²) in [6.07, 6.45) is 5.71. The zero-order valence-electron chi connectivity index (χ0n) is 16.7. The van der Waals surface area contributed by atoms with Crippen molar-refractivity contribution >= 4 is 34.9 Å². The molecule has 0 saturated heterocycles. The average molecular weight is 398 g/mol. The number of non-ortho nitro benzene ring substituents is 1. The van der Waals surface area contributed by atoms with Gasteiger partial charge in [-0.2, -0.15) is 10.2 Å². The molecule has 0 atom stereocenters. The number of anilines is 1. The smallest absolute Gasteiger partial charge is 0.269 e. The molecule has 6 nitrogen and oxygen atoms in total. The van der Waals surface area contributed by atoms with E-state index >= 15 is 0 Å². The molecule has 150 valence electrons. The zero-order chi connectivity index (χ0) is 21.3. The summed E-state index contributed by atoms with van der Waals surface area (Å²) in [5.41, 5.74) is 4.62. The molecular formula is C24H22N4O2. The van der Waals surface area contributed by atoms with Crippen molar-refractivity contribution < 1.29 is 4.92 Å². The summed E-state index contributed by atoms with van der Waals surface area (Å²) in [5.74, 6) is 0. The van der Waals surface area contributed by atoms with E-state index in [1.165, 1.54) is 12.1 Å². The van der Waals surface area contributed by atoms with E-state index < -0.39 is 4.92 Å². The van der Waals surface area contributed by atoms with Crippen LogP contribution < -0.4 is 4.90 Å². The number of rotatable bonds is 8. The van der Waals surface area contributed by atoms with Crippen LogP contribution in [0.15, 0.2) is 95.7 Å². The monoisotopic (exact) mass is 398 g/mol. The second-order valence-corrected chi connectivity index (χ2v) is 6.66. The van der Waals surface area contributed by atoms with Crippen molar-refractivity contribution in [2.45, 2.75) is 0 Å². The Morgan fingerprint density at radius 2 is 1.33 bits per heavy atom. The summed E-state index contributed by atoms with van der Waals surface area (Å²) in [6, 6.07) is 22.0. The van der Waals surface area contributed by atoms with Gasteiger partial charge in [0.2, 0.25) is 0 Å². The fourth-order valence-corrected chi connectivity index (χ4v) is 2.74. The first-order valence-electron chi connectivity index (χ1n) is 9.41. The van der Waals surface area contributed by atoms with Gasteiger partial charge in [0.05, 0.1) is 16.3 Å². The highest BCUT2D eigenvalue weighted by Gasteiger charge is 2.02. The molecule has 0 saturated carbocycles. The van der Waals surface area contributed by atoms with Crippen LogP contribution in [-0.4, -0.2) is 18.5 Å². The van der Waals surface area contributed by atoms with E-state index in [0.29, 0.717) is 0 Å². The van der Waals surface area contributed by atoms with Gasteiger partial charge in [-0.25, -0.2) is 0 Å². The number of likely N-dealkylation sites (N-methyl/N-ethyl adjacent to an activating group) is 1. The average Bonchev–Trinajstić information content (AvgIpc) is 2.78. The van der Waals surface area contributed by atoms with Gasteiger partial charge >= 0.3 is 0 Å². The molecule has 0 aromatic heterocycles. The maximum absolute atomic E-state index is 10.7. The van der Waals surface area contributed by atoms with Crippen LogP contribution in [0.3, 0.4) is 0 Å². The van der Waals surface area contributed by atoms with Crippen molar-refractivity contribution in [1.29, 1.82) is 0 Å². The third-order valence-corrected chi connectivity index (χ3v) is 4.44. The third-order valence-electron chi connectivity index (χ3n) is 4.44. The van der Waals surface area contributed by atoms with E-state index in [-0.39, 0.29) is 5.69 Å². The predicted octanol–water partition coefficient (Wildman–Crippen LogP) is 6.80. The van der Waals surface area contributed by atoms with E-state index in [2.05, 4.69) is 21.7 Å². The Kier molecular flexibility index (Phi) is 6.84. The van der Waals surface area contributed by atoms with Gasteiger partial charge in [0.1, 0.15) is 0 Å². The molecule has 0 heterocycles. The molecule has 0 aliphatic rings. The number of nitrogens with zero attached hydrogens (tertiary/aromatic N) is 4. The molecule has 0 aliphatic heterocycles. The van der Waals surface area contributed by atoms with E-state index in [4.69, 9.17) is 0 Å². The van der Waals surface area contributed by atoms with E-state index in [1.807, 2.05) is 73.8 Å². The Morgan fingerprint density at radius 3 is 1.80 bits per heavy atom. The molecule has 3 aromatic rings. The van der Waals surface area contributed by atoms with Crippen LogP contribution in [0.4, 0.5) is 22.7 Å². The lowest BCUT2D eigenvalue weighted by Gasteiger charge is -2.16. The molecule has 6 heteroatoms. The number of hydrogen-bond acceptors (Lipinski definition) is 5. The molecule has 0 spiro atoms. The standard InChI is InChI=1S/C24H22N4O2/c1-3-18-27(2)23-16-12-22(13-17-23)26-25-21-10-6-19(7-11-21)4-5-20-8-14-24(15-9-20)28(29)30/h3-17H,1,18H2,2H3/b5-4+,26-25?. The highest BCUT2D eigenvalue weighted by molar-refractivity contribution is 5.70. The number of nitro groups is 1. The van der Waals surface area contributed by atoms with Crippen molar-refractivity contribution in [3.8, 4) is 0 Å². The summed E-state index contributed by atoms with van der Waals surface area (Å²) in [5, 5.41) is 19.3. The Balaban J connectivity index is 1.61. The lowest BCUT2D eigenvalue weighted by molar-refractivity contribution is -0.384. The van der Waals surface area contributed by atoms with Gasteiger partial charge in [-0.1, -0.05) is 30.4 Å². The van der Waals surface area contributed by atoms with Crippen LogP contribution in [0.1, 0.15) is 11.1 Å². The molecule has 30 heavy (non-hydrogen) atoms. The predicted molar refractivity (Wildman–Crippen MR) is 123 cm³/mol. The zero-order valence-corrected chi connectivity index (χ0v) is 16.7. The number of hydrogen-bond donors (Lipinski definition) is 0. The Hall–Kier alpha value is -4.06. The first kappa shape index (κ1) is 20.7. The third kappa shape index (κ3) is 5.72. The van der Waals surface area contributed by atoms with Crippen molar-refractivity contribution in [3.05, 3.63) is 107 Å². The SMILES string of the molecule is C=CCN(C)c1ccc(N=Nc2ccc(/C=C/c3ccc([N+](=O)[O-])cc3)cc2)cc1. The molecule has 3 rings (SSSR count). The highest BCUT2D eigenvalue weighted by Crippen LogP contribution is 2.22. The van der Waals surface area contributed by atoms with Crippen molar-refractivity contribution in [2.24, 2.45) is 10.2 Å². The van der Waals surface area contributed by atoms with Crippen molar-refractivity contribution in [2.75, 3.05) is 18.5 Å². The fourth-order valence-electron chi connectivity index (χ4n) is 2.74. The lowest BCUT2D eigenvalue weighted by atomic mass is 10.1. The van der Waals surface area contributed by atoms with Gasteiger partial charge in [-0.05, 0) is 59.7 Å². The summed E-state index contributed by atoms with van der Waals surface area (Å²) in [4.78, 5) is 12.4. The number of benzene rings is 3. The highest BCUT2D eigenvalue weighted by atomic mass is 16.6. The second kappa shape index (κ2) is 9.93. The normalized spacial score (nSPS) is 11.1. The Labute approximate surface area is 175 Å². The van der Waals surface area contributed by atoms with E-state index in [9.17, 15) is 10.1 Å². The van der Waals surface area contributed by atoms with E-state index in [0.717, 1.165) is 34.7 Å². The summed E-state index contributed by atoms with van der Waals surface area (Å²) in [6.45, 7) is 4.53. The maximum atomic E-state index is 10.7. The molecule has 0 N–H and O–H groups in total. The Bertz CT molecular complexity index is 1050. The van der Waals surface area contributed by atoms with Crippen LogP contribution in [0.5, 0.6) is 0 Å². The summed E-state index contributed by atoms with van der Waals surface area (Å²) < 4.78 is 0. The van der Waals surface area contributed by atoms with Gasteiger partial charge in [-0.15, -0.1) is 6.58 Å². The molecule has 3 aromatic carbocycles. The van der Waals surface area contributed by atoms with Gasteiger partial charge < -0.3 is 4.90 Å². The van der Waals surface area contributed by atoms with Crippen LogP contribution in [0.25, 0.3) is 12.2 Å². The minimum atomic E-state index is -0.406. The summed E-state index contributed by atoms with van der Waals surface area (Å²) in [7, 11) is 2.01. The molecule has 0 unspecified atom stereocenters. The first-order valence-corrected chi connectivity index (χ1v) is 9.41. The van der Waals surface area contributed by atoms with Crippen LogP contribution >= 0.6 is 0 Å². The van der Waals surface area contributed by atoms with Crippen molar-refractivity contribution in [3.63, 3.8) is 0 Å². The van der Waals surface area contributed by atoms with Gasteiger partial charge in [0, 0.05) is 31.4 Å². The van der Waals surface area contributed by atoms with Gasteiger partial charge in [-0.3, -0.25) is 10.1 Å².